The Balaban J connectivity index is 1.49. The summed E-state index contributed by atoms with van der Waals surface area (Å²) in [5.74, 6) is 0.886. The van der Waals surface area contributed by atoms with Crippen molar-refractivity contribution in [3.8, 4) is 0 Å². The molecule has 0 amide bonds. The number of hydrogen-bond acceptors (Lipinski definition) is 7. The van der Waals surface area contributed by atoms with Crippen LogP contribution in [0.2, 0.25) is 0 Å². The summed E-state index contributed by atoms with van der Waals surface area (Å²) >= 11 is 0. The van der Waals surface area contributed by atoms with E-state index in [1.807, 2.05) is 6.33 Å². The third-order valence-corrected chi connectivity index (χ3v) is 6.86. The van der Waals surface area contributed by atoms with Crippen molar-refractivity contribution < 1.29 is 9.84 Å². The molecule has 0 aromatic carbocycles. The first-order valence-corrected chi connectivity index (χ1v) is 10.9. The molecule has 2 aliphatic heterocycles. The van der Waals surface area contributed by atoms with Crippen molar-refractivity contribution in [3.63, 3.8) is 0 Å². The van der Waals surface area contributed by atoms with Gasteiger partial charge in [0.05, 0.1) is 12.9 Å². The zero-order valence-electron chi connectivity index (χ0n) is 17.8. The van der Waals surface area contributed by atoms with Crippen LogP contribution < -0.4 is 4.90 Å². The number of aromatic nitrogens is 4. The van der Waals surface area contributed by atoms with Gasteiger partial charge in [-0.1, -0.05) is 6.42 Å². The van der Waals surface area contributed by atoms with E-state index in [1.165, 1.54) is 25.8 Å². The summed E-state index contributed by atoms with van der Waals surface area (Å²) < 4.78 is 7.57. The normalized spacial score (nSPS) is 22.8. The predicted molar refractivity (Wildman–Crippen MR) is 113 cm³/mol. The molecule has 29 heavy (non-hydrogen) atoms. The molecule has 1 N–H and O–H groups in total. The van der Waals surface area contributed by atoms with E-state index >= 15 is 0 Å². The molecule has 2 aromatic rings. The number of anilines is 1. The largest absolute Gasteiger partial charge is 0.396 e. The summed E-state index contributed by atoms with van der Waals surface area (Å²) in [6.07, 6.45) is 10.3. The van der Waals surface area contributed by atoms with Crippen LogP contribution in [-0.2, 0) is 11.3 Å². The Kier molecular flexibility index (Phi) is 6.32. The molecule has 1 atom stereocenters. The number of rotatable bonds is 7. The third kappa shape index (κ3) is 4.39. The number of imidazole rings is 1. The molecule has 8 heteroatoms. The average Bonchev–Trinajstić information content (AvgIpc) is 3.16. The summed E-state index contributed by atoms with van der Waals surface area (Å²) in [5, 5.41) is 10.0. The Morgan fingerprint density at radius 1 is 1.24 bits per heavy atom. The van der Waals surface area contributed by atoms with E-state index in [0.29, 0.717) is 25.8 Å². The highest BCUT2D eigenvalue weighted by molar-refractivity contribution is 5.83. The maximum absolute atomic E-state index is 10.0. The van der Waals surface area contributed by atoms with Gasteiger partial charge in [0.1, 0.15) is 6.33 Å². The standard InChI is InChI=1S/C21H34N6O2/c1-25-9-4-3-5-17(25)6-10-26(2)19-18-20(23-15-22-19)27(16-24-18)13-21(14-28)7-11-29-12-8-21/h15-17,28H,3-14H2,1-2H3. The van der Waals surface area contributed by atoms with Crippen LogP contribution in [0.1, 0.15) is 38.5 Å². The topological polar surface area (TPSA) is 79.5 Å². The van der Waals surface area contributed by atoms with Gasteiger partial charge in [-0.15, -0.1) is 0 Å². The Labute approximate surface area is 172 Å². The monoisotopic (exact) mass is 402 g/mol. The molecule has 8 nitrogen and oxygen atoms in total. The molecule has 0 bridgehead atoms. The Hall–Kier alpha value is -1.77. The molecule has 0 spiro atoms. The van der Waals surface area contributed by atoms with Crippen molar-refractivity contribution in [2.45, 2.75) is 51.1 Å². The minimum absolute atomic E-state index is 0.156. The van der Waals surface area contributed by atoms with E-state index in [4.69, 9.17) is 4.74 Å². The number of ether oxygens (including phenoxy) is 1. The van der Waals surface area contributed by atoms with Crippen molar-refractivity contribution in [3.05, 3.63) is 12.7 Å². The van der Waals surface area contributed by atoms with E-state index in [1.54, 1.807) is 6.33 Å². The van der Waals surface area contributed by atoms with Gasteiger partial charge < -0.3 is 24.2 Å². The van der Waals surface area contributed by atoms with Crippen LogP contribution in [-0.4, -0.2) is 82.6 Å². The lowest BCUT2D eigenvalue weighted by Crippen LogP contribution is -2.38. The fraction of sp³-hybridized carbons (Fsp3) is 0.762. The summed E-state index contributed by atoms with van der Waals surface area (Å²) in [6.45, 7) is 4.41. The highest BCUT2D eigenvalue weighted by Gasteiger charge is 2.33. The number of hydrogen-bond donors (Lipinski definition) is 1. The van der Waals surface area contributed by atoms with Gasteiger partial charge in [0.2, 0.25) is 0 Å². The molecule has 0 aliphatic carbocycles. The summed E-state index contributed by atoms with van der Waals surface area (Å²) in [4.78, 5) is 18.4. The van der Waals surface area contributed by atoms with Crippen molar-refractivity contribution in [1.82, 2.24) is 24.4 Å². The van der Waals surface area contributed by atoms with Crippen molar-refractivity contribution >= 4 is 17.0 Å². The number of likely N-dealkylation sites (tertiary alicyclic amines) is 1. The van der Waals surface area contributed by atoms with Gasteiger partial charge in [-0.05, 0) is 45.7 Å². The van der Waals surface area contributed by atoms with Crippen LogP contribution in [0.15, 0.2) is 12.7 Å². The van der Waals surface area contributed by atoms with Gasteiger partial charge in [-0.3, -0.25) is 0 Å². The minimum atomic E-state index is -0.158. The van der Waals surface area contributed by atoms with Gasteiger partial charge in [0, 0.05) is 44.8 Å². The van der Waals surface area contributed by atoms with Crippen LogP contribution in [0.5, 0.6) is 0 Å². The number of piperidine rings is 1. The van der Waals surface area contributed by atoms with E-state index < -0.39 is 0 Å². The SMILES string of the molecule is CN(CCC1CCCCN1C)c1ncnc2c1ncn2CC1(CO)CCOCC1. The maximum Gasteiger partial charge on any atom is 0.165 e. The van der Waals surface area contributed by atoms with Crippen molar-refractivity contribution in [1.29, 1.82) is 0 Å². The zero-order chi connectivity index (χ0) is 20.3. The Morgan fingerprint density at radius 2 is 2.07 bits per heavy atom. The second kappa shape index (κ2) is 8.93. The van der Waals surface area contributed by atoms with Crippen molar-refractivity contribution in [2.24, 2.45) is 5.41 Å². The molecular formula is C21H34N6O2. The lowest BCUT2D eigenvalue weighted by Gasteiger charge is -2.35. The molecule has 4 rings (SSSR count). The van der Waals surface area contributed by atoms with Crippen LogP contribution in [0.3, 0.4) is 0 Å². The fourth-order valence-corrected chi connectivity index (χ4v) is 4.75. The van der Waals surface area contributed by atoms with Crippen LogP contribution >= 0.6 is 0 Å². The van der Waals surface area contributed by atoms with Gasteiger partial charge >= 0.3 is 0 Å². The third-order valence-electron chi connectivity index (χ3n) is 6.86. The van der Waals surface area contributed by atoms with Crippen LogP contribution in [0.4, 0.5) is 5.82 Å². The maximum atomic E-state index is 10.0. The van der Waals surface area contributed by atoms with Crippen LogP contribution in [0, 0.1) is 5.41 Å². The number of aliphatic hydroxyl groups excluding tert-OH is 1. The first kappa shape index (κ1) is 20.5. The first-order chi connectivity index (χ1) is 14.1. The summed E-state index contributed by atoms with van der Waals surface area (Å²) in [6, 6.07) is 0.652. The lowest BCUT2D eigenvalue weighted by atomic mass is 9.81. The molecule has 0 radical (unpaired) electrons. The molecule has 0 saturated carbocycles. The molecule has 4 heterocycles. The Bertz CT molecular complexity index is 804. The molecular weight excluding hydrogens is 368 g/mol. The lowest BCUT2D eigenvalue weighted by molar-refractivity contribution is -0.0248. The number of aliphatic hydroxyl groups is 1. The smallest absolute Gasteiger partial charge is 0.165 e. The van der Waals surface area contributed by atoms with E-state index in [-0.39, 0.29) is 12.0 Å². The van der Waals surface area contributed by atoms with E-state index in [9.17, 15) is 5.11 Å². The molecule has 1 unspecified atom stereocenters. The first-order valence-electron chi connectivity index (χ1n) is 10.9. The molecule has 2 aromatic heterocycles. The fourth-order valence-electron chi connectivity index (χ4n) is 4.75. The minimum Gasteiger partial charge on any atom is -0.396 e. The molecule has 2 aliphatic rings. The van der Waals surface area contributed by atoms with Gasteiger partial charge in [-0.2, -0.15) is 0 Å². The average molecular weight is 403 g/mol. The van der Waals surface area contributed by atoms with Gasteiger partial charge in [0.25, 0.3) is 0 Å². The van der Waals surface area contributed by atoms with Gasteiger partial charge in [-0.25, -0.2) is 15.0 Å². The quantitative estimate of drug-likeness (QED) is 0.758. The predicted octanol–water partition coefficient (Wildman–Crippen LogP) is 1.93. The zero-order valence-corrected chi connectivity index (χ0v) is 17.8. The van der Waals surface area contributed by atoms with E-state index in [0.717, 1.165) is 42.8 Å². The van der Waals surface area contributed by atoms with Crippen molar-refractivity contribution in [2.75, 3.05) is 51.9 Å². The molecule has 160 valence electrons. The Morgan fingerprint density at radius 3 is 2.83 bits per heavy atom. The highest BCUT2D eigenvalue weighted by Crippen LogP contribution is 2.33. The van der Waals surface area contributed by atoms with E-state index in [2.05, 4.69) is 43.4 Å². The summed E-state index contributed by atoms with van der Waals surface area (Å²) in [5.41, 5.74) is 1.53. The highest BCUT2D eigenvalue weighted by atomic mass is 16.5. The molecule has 2 fully saturated rings. The molecule has 2 saturated heterocycles. The second-order valence-electron chi connectivity index (χ2n) is 8.85. The number of nitrogens with zero attached hydrogens (tertiary/aromatic N) is 6. The van der Waals surface area contributed by atoms with Crippen LogP contribution in [0.25, 0.3) is 11.2 Å². The summed E-state index contributed by atoms with van der Waals surface area (Å²) in [7, 11) is 4.33. The van der Waals surface area contributed by atoms with Gasteiger partial charge in [0.15, 0.2) is 17.0 Å². The second-order valence-corrected chi connectivity index (χ2v) is 8.85. The number of fused-ring (bicyclic) bond motifs is 1.